The number of carboxylic acids is 1. The molecule has 3 heterocycles. The van der Waals surface area contributed by atoms with Gasteiger partial charge < -0.3 is 31.5 Å². The average Bonchev–Trinajstić information content (AvgIpc) is 3.47. The van der Waals surface area contributed by atoms with Gasteiger partial charge in [-0.25, -0.2) is 14.6 Å². The third-order valence-corrected chi connectivity index (χ3v) is 7.17. The van der Waals surface area contributed by atoms with Gasteiger partial charge in [0.2, 0.25) is 0 Å². The van der Waals surface area contributed by atoms with Gasteiger partial charge in [0, 0.05) is 16.7 Å². The molecule has 3 aliphatic rings. The molecule has 4 rings (SSSR count). The Morgan fingerprint density at radius 2 is 2.18 bits per heavy atom. The van der Waals surface area contributed by atoms with Gasteiger partial charge in [-0.1, -0.05) is 11.2 Å². The molecule has 0 radical (unpaired) electrons. The molecule has 0 aromatic carbocycles. The van der Waals surface area contributed by atoms with Crippen molar-refractivity contribution in [2.75, 3.05) is 18.1 Å². The standard InChI is InChI=1S/C19H20N6O7S2/c20-18-22-10(7-34-18)11(24-32-9-3-1-2-4-9)14(26)23-12-15(27)25-13(17(28)29)8(5-31-19(21)30)6-33-16(12)25/h1,3,7,9,12,16H,2,4-6H2,(H2,20,22)(H2,21,30)(H,23,26)(H,28,29)/t9?,12?,16-/m1/s1. The number of oxime groups is 1. The van der Waals surface area contributed by atoms with Crippen molar-refractivity contribution in [3.05, 3.63) is 34.5 Å². The van der Waals surface area contributed by atoms with Crippen LogP contribution in [0.15, 0.2) is 34.0 Å². The Morgan fingerprint density at radius 3 is 2.79 bits per heavy atom. The number of anilines is 1. The minimum atomic E-state index is -1.36. The Labute approximate surface area is 200 Å². The number of aromatic nitrogens is 1. The zero-order valence-corrected chi connectivity index (χ0v) is 19.1. The lowest BCUT2D eigenvalue weighted by atomic mass is 10.0. The Hall–Kier alpha value is -3.59. The predicted molar refractivity (Wildman–Crippen MR) is 122 cm³/mol. The Morgan fingerprint density at radius 1 is 1.38 bits per heavy atom. The fourth-order valence-electron chi connectivity index (χ4n) is 3.58. The van der Waals surface area contributed by atoms with E-state index in [1.807, 2.05) is 12.2 Å². The number of nitrogens with two attached hydrogens (primary N) is 2. The lowest BCUT2D eigenvalue weighted by Gasteiger charge is -2.49. The second-order valence-electron chi connectivity index (χ2n) is 7.39. The number of carboxylic acid groups (broad SMARTS) is 1. The van der Waals surface area contributed by atoms with E-state index < -0.39 is 35.3 Å². The van der Waals surface area contributed by atoms with E-state index >= 15 is 0 Å². The van der Waals surface area contributed by atoms with Crippen LogP contribution in [0.3, 0.4) is 0 Å². The highest BCUT2D eigenvalue weighted by molar-refractivity contribution is 8.00. The quantitative estimate of drug-likeness (QED) is 0.160. The molecule has 3 atom stereocenters. The summed E-state index contributed by atoms with van der Waals surface area (Å²) in [6.45, 7) is -0.355. The third kappa shape index (κ3) is 4.70. The van der Waals surface area contributed by atoms with Gasteiger partial charge in [0.15, 0.2) is 10.8 Å². The van der Waals surface area contributed by atoms with Crippen LogP contribution in [0.4, 0.5) is 9.93 Å². The molecule has 0 bridgehead atoms. The van der Waals surface area contributed by atoms with E-state index in [1.165, 1.54) is 11.8 Å². The molecule has 1 aliphatic carbocycles. The van der Waals surface area contributed by atoms with Gasteiger partial charge in [0.1, 0.15) is 35.5 Å². The number of nitrogens with one attached hydrogen (secondary N) is 1. The fourth-order valence-corrected chi connectivity index (χ4v) is 5.45. The monoisotopic (exact) mass is 508 g/mol. The van der Waals surface area contributed by atoms with Crippen LogP contribution >= 0.6 is 23.1 Å². The normalized spacial score (nSPS) is 23.9. The smallest absolute Gasteiger partial charge is 0.404 e. The number of β-lactam (4-membered cyclic amide) rings is 1. The second kappa shape index (κ2) is 9.72. The average molecular weight is 509 g/mol. The lowest BCUT2D eigenvalue weighted by Crippen LogP contribution is -2.71. The third-order valence-electron chi connectivity index (χ3n) is 5.15. The SMILES string of the molecule is NC(=O)OCC1=C(C(=O)O)N2C(=O)C(NC(=O)C(=NOC3C=CCC3)c3csc(N)n3)[C@H]2SC1. The Kier molecular flexibility index (Phi) is 6.74. The number of allylic oxidation sites excluding steroid dienone is 1. The summed E-state index contributed by atoms with van der Waals surface area (Å²) in [5.41, 5.74) is 10.6. The molecule has 1 saturated heterocycles. The van der Waals surface area contributed by atoms with Gasteiger partial charge >= 0.3 is 12.1 Å². The number of thioether (sulfide) groups is 1. The number of thiazole rings is 1. The van der Waals surface area contributed by atoms with Gasteiger partial charge in [0.05, 0.1) is 0 Å². The van der Waals surface area contributed by atoms with E-state index in [1.54, 1.807) is 5.38 Å². The van der Waals surface area contributed by atoms with Crippen LogP contribution in [0.1, 0.15) is 18.5 Å². The maximum Gasteiger partial charge on any atom is 0.404 e. The molecule has 6 N–H and O–H groups in total. The number of hydrogen-bond donors (Lipinski definition) is 4. The first kappa shape index (κ1) is 23.6. The molecule has 34 heavy (non-hydrogen) atoms. The molecule has 1 aromatic heterocycles. The summed E-state index contributed by atoms with van der Waals surface area (Å²) < 4.78 is 4.69. The van der Waals surface area contributed by atoms with Crippen LogP contribution in [0.2, 0.25) is 0 Å². The Bertz CT molecular complexity index is 1130. The highest BCUT2D eigenvalue weighted by Crippen LogP contribution is 2.40. The maximum absolute atomic E-state index is 13.0. The molecule has 1 aromatic rings. The van der Waals surface area contributed by atoms with E-state index in [0.717, 1.165) is 29.1 Å². The molecule has 180 valence electrons. The minimum Gasteiger partial charge on any atom is -0.477 e. The molecule has 1 fully saturated rings. The number of rotatable bonds is 8. The summed E-state index contributed by atoms with van der Waals surface area (Å²) in [5.74, 6) is -2.54. The molecule has 2 unspecified atom stereocenters. The number of ether oxygens (including phenoxy) is 1. The topological polar surface area (TPSA) is 200 Å². The van der Waals surface area contributed by atoms with Crippen molar-refractivity contribution in [3.8, 4) is 0 Å². The number of amides is 3. The zero-order chi connectivity index (χ0) is 24.4. The molecule has 0 saturated carbocycles. The summed E-state index contributed by atoms with van der Waals surface area (Å²) in [6, 6.07) is -1.00. The van der Waals surface area contributed by atoms with E-state index in [2.05, 4.69) is 15.5 Å². The summed E-state index contributed by atoms with van der Waals surface area (Å²) in [7, 11) is 0. The van der Waals surface area contributed by atoms with Gasteiger partial charge in [0.25, 0.3) is 11.8 Å². The van der Waals surface area contributed by atoms with Crippen molar-refractivity contribution in [3.63, 3.8) is 0 Å². The van der Waals surface area contributed by atoms with Crippen molar-refractivity contribution in [2.45, 2.75) is 30.4 Å². The molecule has 15 heteroatoms. The van der Waals surface area contributed by atoms with Crippen LogP contribution in [0.25, 0.3) is 0 Å². The molecule has 2 aliphatic heterocycles. The second-order valence-corrected chi connectivity index (χ2v) is 9.38. The summed E-state index contributed by atoms with van der Waals surface area (Å²) in [6.07, 6.45) is 3.99. The van der Waals surface area contributed by atoms with E-state index in [-0.39, 0.29) is 46.3 Å². The molecular weight excluding hydrogens is 488 g/mol. The van der Waals surface area contributed by atoms with Gasteiger partial charge in [-0.3, -0.25) is 14.5 Å². The number of hydrogen-bond acceptors (Lipinski definition) is 11. The van der Waals surface area contributed by atoms with Crippen molar-refractivity contribution >= 4 is 57.8 Å². The molecule has 13 nitrogen and oxygen atoms in total. The highest BCUT2D eigenvalue weighted by Gasteiger charge is 2.54. The largest absolute Gasteiger partial charge is 0.477 e. The lowest BCUT2D eigenvalue weighted by molar-refractivity contribution is -0.150. The van der Waals surface area contributed by atoms with Crippen LogP contribution < -0.4 is 16.8 Å². The van der Waals surface area contributed by atoms with Gasteiger partial charge in [-0.2, -0.15) is 0 Å². The van der Waals surface area contributed by atoms with Crippen LogP contribution in [0.5, 0.6) is 0 Å². The van der Waals surface area contributed by atoms with E-state index in [0.29, 0.717) is 0 Å². The first-order valence-electron chi connectivity index (χ1n) is 10.0. The first-order valence-corrected chi connectivity index (χ1v) is 11.9. The molecule has 0 spiro atoms. The molecule has 3 amide bonds. The van der Waals surface area contributed by atoms with Crippen molar-refractivity contribution in [1.29, 1.82) is 0 Å². The highest BCUT2D eigenvalue weighted by atomic mass is 32.2. The first-order chi connectivity index (χ1) is 16.3. The van der Waals surface area contributed by atoms with Crippen molar-refractivity contribution in [1.82, 2.24) is 15.2 Å². The van der Waals surface area contributed by atoms with Crippen LogP contribution in [-0.2, 0) is 24.0 Å². The number of aliphatic carboxylic acids is 1. The summed E-state index contributed by atoms with van der Waals surface area (Å²) in [5, 5.41) is 17.3. The number of fused-ring (bicyclic) bond motifs is 1. The number of carbonyl (C=O) groups is 4. The number of nitrogens with zero attached hydrogens (tertiary/aromatic N) is 3. The van der Waals surface area contributed by atoms with E-state index in [9.17, 15) is 24.3 Å². The van der Waals surface area contributed by atoms with Crippen molar-refractivity contribution in [2.24, 2.45) is 10.9 Å². The van der Waals surface area contributed by atoms with Gasteiger partial charge in [-0.15, -0.1) is 23.1 Å². The molecular formula is C19H20N6O7S2. The van der Waals surface area contributed by atoms with Crippen LogP contribution in [0, 0.1) is 0 Å². The predicted octanol–water partition coefficient (Wildman–Crippen LogP) is -0.00150. The van der Waals surface area contributed by atoms with Crippen LogP contribution in [-0.4, -0.2) is 74.5 Å². The number of primary amides is 1. The fraction of sp³-hybridized carbons (Fsp3) is 0.368. The zero-order valence-electron chi connectivity index (χ0n) is 17.5. The van der Waals surface area contributed by atoms with E-state index in [4.69, 9.17) is 21.0 Å². The summed E-state index contributed by atoms with van der Waals surface area (Å²) >= 11 is 2.33. The summed E-state index contributed by atoms with van der Waals surface area (Å²) in [4.78, 5) is 59.1. The minimum absolute atomic E-state index is 0.148. The number of carbonyl (C=O) groups excluding carboxylic acids is 3. The maximum atomic E-state index is 13.0. The Balaban J connectivity index is 1.51. The van der Waals surface area contributed by atoms with Crippen molar-refractivity contribution < 1.29 is 33.9 Å². The van der Waals surface area contributed by atoms with Gasteiger partial charge in [-0.05, 0) is 18.9 Å². The number of nitrogen functional groups attached to an aromatic ring is 1.